The summed E-state index contributed by atoms with van der Waals surface area (Å²) in [6, 6.07) is 2.81. The number of halogens is 5. The largest absolute Gasteiger partial charge is 0.494 e. The molecule has 0 bridgehead atoms. The summed E-state index contributed by atoms with van der Waals surface area (Å²) in [5.41, 5.74) is -2.38. The van der Waals surface area contributed by atoms with Crippen molar-refractivity contribution >= 4 is 17.3 Å². The predicted molar refractivity (Wildman–Crippen MR) is 73.8 cm³/mol. The molecule has 2 rings (SSSR count). The Balaban J connectivity index is 2.47. The van der Waals surface area contributed by atoms with Crippen LogP contribution in [0.4, 0.5) is 33.3 Å². The third-order valence-electron chi connectivity index (χ3n) is 3.08. The molecule has 0 heterocycles. The van der Waals surface area contributed by atoms with Gasteiger partial charge in [0.15, 0.2) is 23.3 Å². The van der Waals surface area contributed by atoms with E-state index in [0.717, 1.165) is 25.3 Å². The topological polar surface area (TPSA) is 81.5 Å². The number of nitro benzene ring substituents is 1. The number of nitrogens with one attached hydrogen (secondary N) is 1. The molecule has 0 saturated carbocycles. The SMILES string of the molecule is COc1cc([N+](=O)[O-])ccc1NC(=O)c1c(F)c(F)c(F)c(F)c1F. The first-order valence-electron chi connectivity index (χ1n) is 6.34. The first-order chi connectivity index (χ1) is 11.7. The van der Waals surface area contributed by atoms with Gasteiger partial charge in [-0.15, -0.1) is 0 Å². The van der Waals surface area contributed by atoms with E-state index in [1.807, 2.05) is 5.32 Å². The first kappa shape index (κ1) is 18.1. The zero-order chi connectivity index (χ0) is 18.9. The van der Waals surface area contributed by atoms with Crippen molar-refractivity contribution in [1.29, 1.82) is 0 Å². The molecular formula is C14H7F5N2O4. The van der Waals surface area contributed by atoms with Gasteiger partial charge in [-0.3, -0.25) is 14.9 Å². The predicted octanol–water partition coefficient (Wildman–Crippen LogP) is 3.55. The number of hydrogen-bond acceptors (Lipinski definition) is 4. The Morgan fingerprint density at radius 2 is 1.56 bits per heavy atom. The lowest BCUT2D eigenvalue weighted by molar-refractivity contribution is -0.384. The zero-order valence-corrected chi connectivity index (χ0v) is 12.2. The fraction of sp³-hybridized carbons (Fsp3) is 0.0714. The van der Waals surface area contributed by atoms with Gasteiger partial charge >= 0.3 is 0 Å². The normalized spacial score (nSPS) is 10.5. The Bertz CT molecular complexity index is 859. The summed E-state index contributed by atoms with van der Waals surface area (Å²) in [7, 11) is 1.09. The molecule has 0 unspecified atom stereocenters. The summed E-state index contributed by atoms with van der Waals surface area (Å²) < 4.78 is 71.3. The van der Waals surface area contributed by atoms with E-state index in [1.54, 1.807) is 0 Å². The van der Waals surface area contributed by atoms with Crippen LogP contribution in [0, 0.1) is 39.2 Å². The van der Waals surface area contributed by atoms with Crippen LogP contribution in [0.3, 0.4) is 0 Å². The minimum atomic E-state index is -2.40. The molecule has 6 nitrogen and oxygen atoms in total. The van der Waals surface area contributed by atoms with E-state index in [1.165, 1.54) is 0 Å². The summed E-state index contributed by atoms with van der Waals surface area (Å²) in [6.45, 7) is 0. The lowest BCUT2D eigenvalue weighted by Crippen LogP contribution is -2.19. The molecule has 2 aromatic rings. The third kappa shape index (κ3) is 3.20. The Kier molecular flexibility index (Phi) is 4.86. The fourth-order valence-electron chi connectivity index (χ4n) is 1.89. The maximum atomic E-state index is 13.6. The molecule has 0 fully saturated rings. The van der Waals surface area contributed by atoms with Crippen molar-refractivity contribution in [2.75, 3.05) is 12.4 Å². The highest BCUT2D eigenvalue weighted by Crippen LogP contribution is 2.30. The van der Waals surface area contributed by atoms with Gasteiger partial charge in [-0.25, -0.2) is 22.0 Å². The van der Waals surface area contributed by atoms with Gasteiger partial charge in [0.05, 0.1) is 23.8 Å². The Morgan fingerprint density at radius 1 is 1.04 bits per heavy atom. The minimum Gasteiger partial charge on any atom is -0.494 e. The van der Waals surface area contributed by atoms with Gasteiger partial charge in [0.25, 0.3) is 11.6 Å². The number of rotatable bonds is 4. The number of hydrogen-bond donors (Lipinski definition) is 1. The molecule has 0 aliphatic carbocycles. The number of non-ortho nitro benzene ring substituents is 1. The number of carbonyl (C=O) groups excluding carboxylic acids is 1. The zero-order valence-electron chi connectivity index (χ0n) is 12.2. The quantitative estimate of drug-likeness (QED) is 0.297. The van der Waals surface area contributed by atoms with E-state index in [0.29, 0.717) is 0 Å². The Labute approximate surface area is 136 Å². The van der Waals surface area contributed by atoms with Crippen molar-refractivity contribution in [2.45, 2.75) is 0 Å². The van der Waals surface area contributed by atoms with Crippen LogP contribution in [0.25, 0.3) is 0 Å². The number of anilines is 1. The van der Waals surface area contributed by atoms with Crippen LogP contribution < -0.4 is 10.1 Å². The van der Waals surface area contributed by atoms with Gasteiger partial charge in [-0.1, -0.05) is 0 Å². The fourth-order valence-corrected chi connectivity index (χ4v) is 1.89. The van der Waals surface area contributed by atoms with E-state index in [2.05, 4.69) is 0 Å². The summed E-state index contributed by atoms with van der Waals surface area (Å²) in [4.78, 5) is 21.8. The van der Waals surface area contributed by atoms with E-state index >= 15 is 0 Å². The molecule has 132 valence electrons. The monoisotopic (exact) mass is 362 g/mol. The highest BCUT2D eigenvalue weighted by Gasteiger charge is 2.30. The van der Waals surface area contributed by atoms with Gasteiger partial charge in [0.2, 0.25) is 5.82 Å². The molecule has 2 aromatic carbocycles. The lowest BCUT2D eigenvalue weighted by atomic mass is 10.1. The van der Waals surface area contributed by atoms with Crippen LogP contribution in [0.2, 0.25) is 0 Å². The van der Waals surface area contributed by atoms with Gasteiger partial charge in [0, 0.05) is 6.07 Å². The Hall–Kier alpha value is -3.24. The highest BCUT2D eigenvalue weighted by molar-refractivity contribution is 6.05. The van der Waals surface area contributed by atoms with Crippen molar-refractivity contribution in [3.63, 3.8) is 0 Å². The standard InChI is InChI=1S/C14H7F5N2O4/c1-25-7-4-5(21(23)24)2-3-6(7)20-14(22)8-9(15)11(17)13(19)12(18)10(8)16/h2-4H,1H3,(H,20,22). The lowest BCUT2D eigenvalue weighted by Gasteiger charge is -2.11. The van der Waals surface area contributed by atoms with E-state index in [4.69, 9.17) is 4.74 Å². The molecule has 25 heavy (non-hydrogen) atoms. The van der Waals surface area contributed by atoms with Crippen LogP contribution in [0.5, 0.6) is 5.75 Å². The number of carbonyl (C=O) groups is 1. The van der Waals surface area contributed by atoms with Crippen LogP contribution >= 0.6 is 0 Å². The number of methoxy groups -OCH3 is 1. The molecule has 0 aromatic heterocycles. The van der Waals surface area contributed by atoms with E-state index in [9.17, 15) is 36.9 Å². The van der Waals surface area contributed by atoms with Gasteiger partial charge in [0.1, 0.15) is 11.3 Å². The number of ether oxygens (including phenoxy) is 1. The van der Waals surface area contributed by atoms with Crippen LogP contribution in [-0.4, -0.2) is 17.9 Å². The first-order valence-corrected chi connectivity index (χ1v) is 6.34. The van der Waals surface area contributed by atoms with Gasteiger partial charge < -0.3 is 10.1 Å². The van der Waals surface area contributed by atoms with Gasteiger partial charge in [-0.2, -0.15) is 0 Å². The Morgan fingerprint density at radius 3 is 2.04 bits per heavy atom. The average Bonchev–Trinajstić information content (AvgIpc) is 2.58. The number of nitrogens with zero attached hydrogens (tertiary/aromatic N) is 1. The van der Waals surface area contributed by atoms with Crippen LogP contribution in [0.15, 0.2) is 18.2 Å². The summed E-state index contributed by atoms with van der Waals surface area (Å²) in [5, 5.41) is 12.5. The molecule has 11 heteroatoms. The van der Waals surface area contributed by atoms with Crippen molar-refractivity contribution in [3.05, 3.63) is 63.0 Å². The van der Waals surface area contributed by atoms with Gasteiger partial charge in [-0.05, 0) is 6.07 Å². The highest BCUT2D eigenvalue weighted by atomic mass is 19.2. The third-order valence-corrected chi connectivity index (χ3v) is 3.08. The van der Waals surface area contributed by atoms with Crippen LogP contribution in [0.1, 0.15) is 10.4 Å². The van der Waals surface area contributed by atoms with E-state index in [-0.39, 0.29) is 11.4 Å². The number of amides is 1. The molecule has 0 atom stereocenters. The summed E-state index contributed by atoms with van der Waals surface area (Å²) in [5.74, 6) is -13.5. The average molecular weight is 362 g/mol. The molecule has 0 radical (unpaired) electrons. The number of nitro groups is 1. The van der Waals surface area contributed by atoms with Crippen molar-refractivity contribution in [2.24, 2.45) is 0 Å². The molecule has 0 aliphatic rings. The molecule has 0 saturated heterocycles. The minimum absolute atomic E-state index is 0.258. The second-order valence-corrected chi connectivity index (χ2v) is 4.54. The smallest absolute Gasteiger partial charge is 0.273 e. The van der Waals surface area contributed by atoms with Crippen molar-refractivity contribution in [3.8, 4) is 5.75 Å². The summed E-state index contributed by atoms with van der Waals surface area (Å²) in [6.07, 6.45) is 0. The molecule has 0 spiro atoms. The van der Waals surface area contributed by atoms with Crippen LogP contribution in [-0.2, 0) is 0 Å². The molecular weight excluding hydrogens is 355 g/mol. The van der Waals surface area contributed by atoms with Crippen molar-refractivity contribution < 1.29 is 36.4 Å². The number of benzene rings is 2. The molecule has 1 amide bonds. The maximum Gasteiger partial charge on any atom is 0.273 e. The summed E-state index contributed by atoms with van der Waals surface area (Å²) >= 11 is 0. The van der Waals surface area contributed by atoms with Crippen molar-refractivity contribution in [1.82, 2.24) is 0 Å². The molecule has 0 aliphatic heterocycles. The van der Waals surface area contributed by atoms with E-state index < -0.39 is 51.2 Å². The molecule has 1 N–H and O–H groups in total. The second-order valence-electron chi connectivity index (χ2n) is 4.54. The second kappa shape index (κ2) is 6.71. The maximum absolute atomic E-state index is 13.6.